The lowest BCUT2D eigenvalue weighted by atomic mass is 9.70. The Bertz CT molecular complexity index is 817. The van der Waals surface area contributed by atoms with Gasteiger partial charge in [-0.1, -0.05) is 18.2 Å². The van der Waals surface area contributed by atoms with Crippen LogP contribution in [0.5, 0.6) is 11.5 Å². The van der Waals surface area contributed by atoms with Crippen LogP contribution in [0.3, 0.4) is 0 Å². The Kier molecular flexibility index (Phi) is 4.92. The number of hydrogen-bond donors (Lipinski definition) is 0. The number of carbonyl (C=O) groups excluding carboxylic acids is 1. The van der Waals surface area contributed by atoms with E-state index in [2.05, 4.69) is 6.07 Å². The molecule has 2 aliphatic carbocycles. The summed E-state index contributed by atoms with van der Waals surface area (Å²) >= 11 is 0. The van der Waals surface area contributed by atoms with E-state index in [-0.39, 0.29) is 5.41 Å². The predicted octanol–water partition coefficient (Wildman–Crippen LogP) is 4.59. The van der Waals surface area contributed by atoms with Crippen molar-refractivity contribution in [2.75, 3.05) is 14.2 Å². The van der Waals surface area contributed by atoms with Crippen LogP contribution < -0.4 is 9.47 Å². The average molecular weight is 366 g/mol. The number of benzene rings is 2. The summed E-state index contributed by atoms with van der Waals surface area (Å²) in [5.74, 6) is 1.87. The molecule has 2 aromatic carbocycles. The van der Waals surface area contributed by atoms with E-state index >= 15 is 0 Å². The van der Waals surface area contributed by atoms with Gasteiger partial charge in [0.2, 0.25) is 0 Å². The summed E-state index contributed by atoms with van der Waals surface area (Å²) in [4.78, 5) is 13.2. The maximum Gasteiger partial charge on any atom is 0.169 e. The third kappa shape index (κ3) is 3.46. The quantitative estimate of drug-likeness (QED) is 0.776. The highest BCUT2D eigenvalue weighted by molar-refractivity contribution is 6.05. The van der Waals surface area contributed by atoms with Crippen molar-refractivity contribution < 1.29 is 19.0 Å². The number of hydrogen-bond acceptors (Lipinski definition) is 4. The van der Waals surface area contributed by atoms with E-state index in [0.717, 1.165) is 60.3 Å². The molecule has 142 valence electrons. The van der Waals surface area contributed by atoms with Crippen molar-refractivity contribution in [3.8, 4) is 11.5 Å². The number of methoxy groups -OCH3 is 2. The molecule has 2 aromatic rings. The zero-order valence-electron chi connectivity index (χ0n) is 16.0. The summed E-state index contributed by atoms with van der Waals surface area (Å²) in [5, 5.41) is 0. The minimum atomic E-state index is -0.216. The molecule has 0 N–H and O–H groups in total. The van der Waals surface area contributed by atoms with Gasteiger partial charge in [0, 0.05) is 18.1 Å². The van der Waals surface area contributed by atoms with Gasteiger partial charge >= 0.3 is 0 Å². The molecular formula is C23H26O4. The molecule has 0 atom stereocenters. The standard InChI is InChI=1S/C23H26O4/c1-25-18-6-3-16(4-7-18)15-27-20-8-5-17-14-23(22(24)21(17)13-20)11-9-19(26-2)10-12-23/h3-8,13,19H,9-12,14-15H2,1-2H3. The van der Waals surface area contributed by atoms with Crippen molar-refractivity contribution in [1.82, 2.24) is 0 Å². The van der Waals surface area contributed by atoms with Gasteiger partial charge in [0.05, 0.1) is 13.2 Å². The average Bonchev–Trinajstić information content (AvgIpc) is 2.98. The molecule has 4 nitrogen and oxygen atoms in total. The van der Waals surface area contributed by atoms with Crippen molar-refractivity contribution in [3.63, 3.8) is 0 Å². The molecule has 2 aliphatic rings. The molecule has 27 heavy (non-hydrogen) atoms. The predicted molar refractivity (Wildman–Crippen MR) is 104 cm³/mol. The molecule has 0 saturated heterocycles. The summed E-state index contributed by atoms with van der Waals surface area (Å²) in [6, 6.07) is 13.8. The zero-order valence-corrected chi connectivity index (χ0v) is 16.0. The maximum atomic E-state index is 13.2. The van der Waals surface area contributed by atoms with Crippen LogP contribution in [0.4, 0.5) is 0 Å². The maximum absolute atomic E-state index is 13.2. The summed E-state index contributed by atoms with van der Waals surface area (Å²) in [6.07, 6.45) is 4.93. The highest BCUT2D eigenvalue weighted by atomic mass is 16.5. The highest BCUT2D eigenvalue weighted by Crippen LogP contribution is 2.48. The largest absolute Gasteiger partial charge is 0.497 e. The Balaban J connectivity index is 1.45. The summed E-state index contributed by atoms with van der Waals surface area (Å²) in [6.45, 7) is 0.470. The fourth-order valence-corrected chi connectivity index (χ4v) is 4.41. The molecule has 4 heteroatoms. The lowest BCUT2D eigenvalue weighted by molar-refractivity contribution is 0.0285. The van der Waals surface area contributed by atoms with Crippen LogP contribution in [-0.2, 0) is 17.8 Å². The van der Waals surface area contributed by atoms with Crippen LogP contribution in [0.2, 0.25) is 0 Å². The summed E-state index contributed by atoms with van der Waals surface area (Å²) < 4.78 is 16.6. The molecule has 0 aromatic heterocycles. The Morgan fingerprint density at radius 2 is 1.70 bits per heavy atom. The van der Waals surface area contributed by atoms with E-state index < -0.39 is 0 Å². The van der Waals surface area contributed by atoms with Crippen LogP contribution in [0.15, 0.2) is 42.5 Å². The highest BCUT2D eigenvalue weighted by Gasteiger charge is 2.47. The van der Waals surface area contributed by atoms with E-state index in [1.807, 2.05) is 36.4 Å². The molecule has 0 heterocycles. The van der Waals surface area contributed by atoms with Gasteiger partial charge in [0.25, 0.3) is 0 Å². The van der Waals surface area contributed by atoms with Gasteiger partial charge in [-0.3, -0.25) is 4.79 Å². The number of rotatable bonds is 5. The second kappa shape index (κ2) is 7.35. The van der Waals surface area contributed by atoms with Gasteiger partial charge in [-0.2, -0.15) is 0 Å². The normalized spacial score (nSPS) is 24.1. The lowest BCUT2D eigenvalue weighted by Gasteiger charge is -2.35. The minimum Gasteiger partial charge on any atom is -0.497 e. The first-order valence-electron chi connectivity index (χ1n) is 9.60. The molecular weight excluding hydrogens is 340 g/mol. The lowest BCUT2D eigenvalue weighted by Crippen LogP contribution is -2.35. The van der Waals surface area contributed by atoms with Crippen molar-refractivity contribution in [2.24, 2.45) is 5.41 Å². The van der Waals surface area contributed by atoms with Gasteiger partial charge in [0.15, 0.2) is 5.78 Å². The monoisotopic (exact) mass is 366 g/mol. The van der Waals surface area contributed by atoms with Crippen molar-refractivity contribution in [2.45, 2.75) is 44.8 Å². The zero-order chi connectivity index (χ0) is 18.9. The molecule has 0 bridgehead atoms. The van der Waals surface area contributed by atoms with Crippen LogP contribution in [0, 0.1) is 5.41 Å². The Hall–Kier alpha value is -2.33. The molecule has 1 saturated carbocycles. The van der Waals surface area contributed by atoms with Gasteiger partial charge in [0.1, 0.15) is 18.1 Å². The van der Waals surface area contributed by atoms with Crippen molar-refractivity contribution >= 4 is 5.78 Å². The van der Waals surface area contributed by atoms with Gasteiger partial charge < -0.3 is 14.2 Å². The Labute approximate surface area is 160 Å². The molecule has 1 fully saturated rings. The van der Waals surface area contributed by atoms with Crippen LogP contribution in [0.1, 0.15) is 47.2 Å². The first kappa shape index (κ1) is 18.1. The minimum absolute atomic E-state index is 0.216. The molecule has 0 aliphatic heterocycles. The topological polar surface area (TPSA) is 44.8 Å². The van der Waals surface area contributed by atoms with Crippen molar-refractivity contribution in [3.05, 3.63) is 59.2 Å². The van der Waals surface area contributed by atoms with E-state index in [9.17, 15) is 4.79 Å². The van der Waals surface area contributed by atoms with E-state index in [1.165, 1.54) is 0 Å². The summed E-state index contributed by atoms with van der Waals surface area (Å²) in [7, 11) is 3.42. The van der Waals surface area contributed by atoms with E-state index in [0.29, 0.717) is 18.5 Å². The van der Waals surface area contributed by atoms with E-state index in [4.69, 9.17) is 14.2 Å². The van der Waals surface area contributed by atoms with E-state index in [1.54, 1.807) is 14.2 Å². The second-order valence-corrected chi connectivity index (χ2v) is 7.68. The van der Waals surface area contributed by atoms with Gasteiger partial charge in [-0.25, -0.2) is 0 Å². The molecule has 0 unspecified atom stereocenters. The fourth-order valence-electron chi connectivity index (χ4n) is 4.41. The first-order chi connectivity index (χ1) is 13.1. The molecule has 4 rings (SSSR count). The van der Waals surface area contributed by atoms with Gasteiger partial charge in [-0.05, 0) is 67.5 Å². The van der Waals surface area contributed by atoms with Crippen LogP contribution >= 0.6 is 0 Å². The number of fused-ring (bicyclic) bond motifs is 1. The van der Waals surface area contributed by atoms with Gasteiger partial charge in [-0.15, -0.1) is 0 Å². The molecule has 0 amide bonds. The number of carbonyl (C=O) groups is 1. The molecule has 1 spiro atoms. The Morgan fingerprint density at radius 1 is 1.00 bits per heavy atom. The fraction of sp³-hybridized carbons (Fsp3) is 0.435. The first-order valence-corrected chi connectivity index (χ1v) is 9.60. The van der Waals surface area contributed by atoms with Crippen molar-refractivity contribution in [1.29, 1.82) is 0 Å². The van der Waals surface area contributed by atoms with Crippen LogP contribution in [0.25, 0.3) is 0 Å². The van der Waals surface area contributed by atoms with Crippen LogP contribution in [-0.4, -0.2) is 26.1 Å². The molecule has 0 radical (unpaired) electrons. The SMILES string of the molecule is COc1ccc(COc2ccc3c(c2)C(=O)C2(CCC(OC)CC2)C3)cc1. The number of ether oxygens (including phenoxy) is 3. The summed E-state index contributed by atoms with van der Waals surface area (Å²) in [5.41, 5.74) is 2.86. The number of ketones is 1. The smallest absolute Gasteiger partial charge is 0.169 e. The third-order valence-corrected chi connectivity index (χ3v) is 6.12. The second-order valence-electron chi connectivity index (χ2n) is 7.68. The third-order valence-electron chi connectivity index (χ3n) is 6.12. The Morgan fingerprint density at radius 3 is 2.37 bits per heavy atom. The number of Topliss-reactive ketones (excluding diaryl/α,β-unsaturated/α-hetero) is 1.